The van der Waals surface area contributed by atoms with E-state index in [1.54, 1.807) is 6.92 Å². The van der Waals surface area contributed by atoms with Crippen LogP contribution >= 0.6 is 0 Å². The quantitative estimate of drug-likeness (QED) is 0.652. The fourth-order valence-electron chi connectivity index (χ4n) is 0.326. The van der Waals surface area contributed by atoms with E-state index in [0.29, 0.717) is 13.2 Å². The molecule has 3 heteroatoms. The second kappa shape index (κ2) is 11.1. The molecule has 0 rings (SSSR count). The number of alkyl carbamates (subject to hydrolysis) is 1. The van der Waals surface area contributed by atoms with Crippen molar-refractivity contribution >= 4 is 6.09 Å². The maximum Gasteiger partial charge on any atom is 0.407 e. The van der Waals surface area contributed by atoms with Gasteiger partial charge in [-0.3, -0.25) is 0 Å². The van der Waals surface area contributed by atoms with Crippen molar-refractivity contribution < 1.29 is 11.0 Å². The predicted octanol–water partition coefficient (Wildman–Crippen LogP) is 2.02. The third-order valence-corrected chi connectivity index (χ3v) is 0.597. The highest BCUT2D eigenvalue weighted by Gasteiger charge is 1.92. The zero-order valence-electron chi connectivity index (χ0n) is 7.23. The Labute approximate surface area is 64.2 Å². The summed E-state index contributed by atoms with van der Waals surface area (Å²) in [5.74, 6) is 0. The molecular weight excluding hydrogens is 130 g/mol. The molecule has 0 unspecified atom stereocenters. The fourth-order valence-corrected chi connectivity index (χ4v) is 0.326. The van der Waals surface area contributed by atoms with Crippen LogP contribution in [0.5, 0.6) is 0 Å². The Morgan fingerprint density at radius 1 is 1.50 bits per heavy atom. The molecule has 0 aliphatic rings. The normalized spacial score (nSPS) is 7.20. The first-order valence-electron chi connectivity index (χ1n) is 3.71. The summed E-state index contributed by atoms with van der Waals surface area (Å²) in [6.07, 6.45) is -0.338. The summed E-state index contributed by atoms with van der Waals surface area (Å²) in [4.78, 5) is 10.3. The van der Waals surface area contributed by atoms with E-state index in [-0.39, 0.29) is 7.52 Å². The number of carbonyl (C=O) groups is 1. The van der Waals surface area contributed by atoms with Crippen molar-refractivity contribution in [1.29, 1.82) is 0 Å². The molecule has 0 aromatic heterocycles. The SMILES string of the molecule is CC.CCNC(=O)OCC.[HH]. The minimum absolute atomic E-state index is 0. The Balaban J connectivity index is -0.000000196. The highest BCUT2D eigenvalue weighted by atomic mass is 16.5. The molecule has 0 fully saturated rings. The van der Waals surface area contributed by atoms with Gasteiger partial charge in [-0.05, 0) is 13.8 Å². The molecule has 0 radical (unpaired) electrons. The number of amides is 1. The fraction of sp³-hybridized carbons (Fsp3) is 0.857. The third kappa shape index (κ3) is 10.3. The average molecular weight is 149 g/mol. The molecule has 0 aliphatic heterocycles. The van der Waals surface area contributed by atoms with Gasteiger partial charge in [0.2, 0.25) is 0 Å². The molecule has 0 aromatic rings. The summed E-state index contributed by atoms with van der Waals surface area (Å²) >= 11 is 0. The van der Waals surface area contributed by atoms with Crippen molar-refractivity contribution in [3.8, 4) is 0 Å². The van der Waals surface area contributed by atoms with Crippen molar-refractivity contribution in [2.75, 3.05) is 13.2 Å². The lowest BCUT2D eigenvalue weighted by molar-refractivity contribution is 0.153. The highest BCUT2D eigenvalue weighted by molar-refractivity contribution is 5.66. The molecule has 0 bridgehead atoms. The van der Waals surface area contributed by atoms with E-state index in [0.717, 1.165) is 0 Å². The Hall–Kier alpha value is -0.730. The van der Waals surface area contributed by atoms with Crippen LogP contribution < -0.4 is 5.32 Å². The lowest BCUT2D eigenvalue weighted by atomic mass is 10.7. The molecular formula is C7H19NO2. The van der Waals surface area contributed by atoms with E-state index in [4.69, 9.17) is 0 Å². The third-order valence-electron chi connectivity index (χ3n) is 0.597. The van der Waals surface area contributed by atoms with Gasteiger partial charge in [-0.15, -0.1) is 0 Å². The second-order valence-electron chi connectivity index (χ2n) is 1.25. The maximum absolute atomic E-state index is 10.3. The largest absolute Gasteiger partial charge is 0.450 e. The first-order chi connectivity index (χ1) is 4.81. The molecule has 0 spiro atoms. The van der Waals surface area contributed by atoms with Gasteiger partial charge in [-0.25, -0.2) is 4.79 Å². The molecule has 0 atom stereocenters. The van der Waals surface area contributed by atoms with E-state index >= 15 is 0 Å². The summed E-state index contributed by atoms with van der Waals surface area (Å²) in [6, 6.07) is 0. The van der Waals surface area contributed by atoms with Gasteiger partial charge in [0.1, 0.15) is 0 Å². The molecule has 1 N–H and O–H groups in total. The molecule has 0 saturated heterocycles. The zero-order valence-corrected chi connectivity index (χ0v) is 7.23. The summed E-state index contributed by atoms with van der Waals surface area (Å²) < 4.78 is 4.53. The topological polar surface area (TPSA) is 38.3 Å². The monoisotopic (exact) mass is 149 g/mol. The van der Waals surface area contributed by atoms with Crippen molar-refractivity contribution in [2.24, 2.45) is 0 Å². The zero-order chi connectivity index (χ0) is 8.41. The number of rotatable bonds is 2. The van der Waals surface area contributed by atoms with Crippen LogP contribution in [0, 0.1) is 0 Å². The summed E-state index contributed by atoms with van der Waals surface area (Å²) in [7, 11) is 0. The number of carbonyl (C=O) groups excluding carboxylic acids is 1. The Bertz CT molecular complexity index is 70.8. The van der Waals surface area contributed by atoms with E-state index in [1.807, 2.05) is 20.8 Å². The van der Waals surface area contributed by atoms with Gasteiger partial charge in [0.15, 0.2) is 0 Å². The Morgan fingerprint density at radius 2 is 2.00 bits per heavy atom. The van der Waals surface area contributed by atoms with Gasteiger partial charge in [-0.1, -0.05) is 13.8 Å². The van der Waals surface area contributed by atoms with Gasteiger partial charge in [0.05, 0.1) is 6.61 Å². The van der Waals surface area contributed by atoms with E-state index in [1.165, 1.54) is 0 Å². The van der Waals surface area contributed by atoms with Gasteiger partial charge >= 0.3 is 6.09 Å². The van der Waals surface area contributed by atoms with Crippen LogP contribution in [0.3, 0.4) is 0 Å². The van der Waals surface area contributed by atoms with E-state index in [9.17, 15) is 4.79 Å². The first kappa shape index (κ1) is 12.0. The van der Waals surface area contributed by atoms with E-state index in [2.05, 4.69) is 10.1 Å². The van der Waals surface area contributed by atoms with E-state index < -0.39 is 0 Å². The summed E-state index contributed by atoms with van der Waals surface area (Å²) in [5, 5.41) is 2.49. The number of hydrogen-bond acceptors (Lipinski definition) is 2. The molecule has 0 aromatic carbocycles. The Morgan fingerprint density at radius 3 is 2.30 bits per heavy atom. The number of nitrogens with one attached hydrogen (secondary N) is 1. The predicted molar refractivity (Wildman–Crippen MR) is 44.2 cm³/mol. The minimum atomic E-state index is -0.338. The molecule has 0 aliphatic carbocycles. The van der Waals surface area contributed by atoms with Crippen molar-refractivity contribution in [1.82, 2.24) is 5.32 Å². The van der Waals surface area contributed by atoms with Crippen molar-refractivity contribution in [3.05, 3.63) is 0 Å². The van der Waals surface area contributed by atoms with Crippen LogP contribution in [-0.4, -0.2) is 19.2 Å². The van der Waals surface area contributed by atoms with Crippen molar-refractivity contribution in [2.45, 2.75) is 27.7 Å². The van der Waals surface area contributed by atoms with Crippen LogP contribution in [0.15, 0.2) is 0 Å². The first-order valence-corrected chi connectivity index (χ1v) is 3.71. The summed E-state index contributed by atoms with van der Waals surface area (Å²) in [5.41, 5.74) is 0. The number of ether oxygens (including phenoxy) is 1. The second-order valence-corrected chi connectivity index (χ2v) is 1.25. The maximum atomic E-state index is 10.3. The number of hydrogen-bond donors (Lipinski definition) is 1. The molecule has 3 nitrogen and oxygen atoms in total. The summed E-state index contributed by atoms with van der Waals surface area (Å²) in [6.45, 7) is 8.68. The van der Waals surface area contributed by atoms with Crippen LogP contribution in [0.25, 0.3) is 0 Å². The standard InChI is InChI=1S/C5H11NO2.C2H6.H2/c1-3-6-5(7)8-4-2;1-2;/h3-4H2,1-2H3,(H,6,7);1-2H3;1H. The molecule has 0 heterocycles. The smallest absolute Gasteiger partial charge is 0.407 e. The van der Waals surface area contributed by atoms with Crippen LogP contribution in [0.4, 0.5) is 4.79 Å². The van der Waals surface area contributed by atoms with Crippen LogP contribution in [-0.2, 0) is 4.74 Å². The highest BCUT2D eigenvalue weighted by Crippen LogP contribution is 1.72. The Kier molecular flexibility index (Phi) is 13.3. The molecule has 64 valence electrons. The van der Waals surface area contributed by atoms with Gasteiger partial charge in [-0.2, -0.15) is 0 Å². The molecule has 1 amide bonds. The molecule has 10 heavy (non-hydrogen) atoms. The van der Waals surface area contributed by atoms with Crippen LogP contribution in [0.2, 0.25) is 0 Å². The van der Waals surface area contributed by atoms with Gasteiger partial charge in [0.25, 0.3) is 0 Å². The lowest BCUT2D eigenvalue weighted by Gasteiger charge is -1.99. The lowest BCUT2D eigenvalue weighted by Crippen LogP contribution is -2.23. The van der Waals surface area contributed by atoms with Crippen molar-refractivity contribution in [3.63, 3.8) is 0 Å². The minimum Gasteiger partial charge on any atom is -0.450 e. The molecule has 0 saturated carbocycles. The van der Waals surface area contributed by atoms with Gasteiger partial charge < -0.3 is 10.1 Å². The average Bonchev–Trinajstić information content (AvgIpc) is 1.93. The van der Waals surface area contributed by atoms with Gasteiger partial charge in [0, 0.05) is 7.97 Å². The van der Waals surface area contributed by atoms with Crippen LogP contribution in [0.1, 0.15) is 29.1 Å².